The van der Waals surface area contributed by atoms with Gasteiger partial charge in [0.05, 0.1) is 10.6 Å². The fraction of sp³-hybridized carbons (Fsp3) is 0.625. The normalized spacial score (nSPS) is 24.0. The molecule has 1 saturated carbocycles. The molecule has 0 aromatic heterocycles. The van der Waals surface area contributed by atoms with Crippen LogP contribution in [-0.2, 0) is 10.0 Å². The molecule has 8 heteroatoms. The molecule has 0 spiro atoms. The summed E-state index contributed by atoms with van der Waals surface area (Å²) >= 11 is 0. The molecule has 2 fully saturated rings. The first-order chi connectivity index (χ1) is 11.4. The Labute approximate surface area is 142 Å². The maximum absolute atomic E-state index is 12.9. The first-order valence-electron chi connectivity index (χ1n) is 8.48. The molecular weight excluding hydrogens is 330 g/mol. The maximum atomic E-state index is 12.9. The Morgan fingerprint density at radius 2 is 2.04 bits per heavy atom. The minimum atomic E-state index is -3.71. The van der Waals surface area contributed by atoms with Crippen molar-refractivity contribution >= 4 is 21.4 Å². The minimum absolute atomic E-state index is 0.0285. The second kappa shape index (κ2) is 6.68. The summed E-state index contributed by atoms with van der Waals surface area (Å²) in [5, 5.41) is 14.3. The first kappa shape index (κ1) is 17.2. The topological polar surface area (TPSA) is 92.5 Å². The van der Waals surface area contributed by atoms with E-state index in [0.717, 1.165) is 32.1 Å². The van der Waals surface area contributed by atoms with E-state index < -0.39 is 14.9 Å². The van der Waals surface area contributed by atoms with E-state index in [-0.39, 0.29) is 16.6 Å². The third kappa shape index (κ3) is 3.39. The largest absolute Gasteiger partial charge is 0.381 e. The van der Waals surface area contributed by atoms with E-state index in [2.05, 4.69) is 12.2 Å². The van der Waals surface area contributed by atoms with Crippen molar-refractivity contribution < 1.29 is 13.3 Å². The molecule has 1 aromatic rings. The summed E-state index contributed by atoms with van der Waals surface area (Å²) in [7, 11) is -3.71. The zero-order chi connectivity index (χ0) is 17.3. The summed E-state index contributed by atoms with van der Waals surface area (Å²) in [4.78, 5) is 10.5. The van der Waals surface area contributed by atoms with Crippen molar-refractivity contribution in [3.8, 4) is 0 Å². The highest BCUT2D eigenvalue weighted by molar-refractivity contribution is 7.89. The third-order valence-corrected chi connectivity index (χ3v) is 6.72. The molecule has 1 saturated heterocycles. The number of hydrogen-bond acceptors (Lipinski definition) is 5. The van der Waals surface area contributed by atoms with Crippen molar-refractivity contribution in [1.82, 2.24) is 4.31 Å². The predicted octanol–water partition coefficient (Wildman–Crippen LogP) is 2.98. The van der Waals surface area contributed by atoms with E-state index >= 15 is 0 Å². The quantitative estimate of drug-likeness (QED) is 0.601. The van der Waals surface area contributed by atoms with Gasteiger partial charge >= 0.3 is 0 Å². The molecular formula is C16H23N3O4S. The van der Waals surface area contributed by atoms with Gasteiger partial charge in [-0.25, -0.2) is 8.42 Å². The number of sulfonamides is 1. The van der Waals surface area contributed by atoms with E-state index in [9.17, 15) is 18.5 Å². The van der Waals surface area contributed by atoms with Gasteiger partial charge in [0.2, 0.25) is 10.0 Å². The Morgan fingerprint density at radius 3 is 2.67 bits per heavy atom. The lowest BCUT2D eigenvalue weighted by Gasteiger charge is -2.19. The van der Waals surface area contributed by atoms with Crippen molar-refractivity contribution in [3.63, 3.8) is 0 Å². The van der Waals surface area contributed by atoms with Gasteiger partial charge in [-0.1, -0.05) is 13.3 Å². The Kier molecular flexibility index (Phi) is 4.78. The van der Waals surface area contributed by atoms with Crippen LogP contribution in [0.2, 0.25) is 0 Å². The molecule has 1 heterocycles. The number of nitro groups is 1. The summed E-state index contributed by atoms with van der Waals surface area (Å²) in [5.74, 6) is 0.563. The summed E-state index contributed by atoms with van der Waals surface area (Å²) in [6.07, 6.45) is 4.89. The molecule has 1 N–H and O–H groups in total. The fourth-order valence-electron chi connectivity index (χ4n) is 3.34. The Balaban J connectivity index is 1.92. The van der Waals surface area contributed by atoms with Gasteiger partial charge in [-0.05, 0) is 37.7 Å². The molecule has 7 nitrogen and oxygen atoms in total. The van der Waals surface area contributed by atoms with Crippen LogP contribution in [0.5, 0.6) is 0 Å². The van der Waals surface area contributed by atoms with Crippen molar-refractivity contribution in [2.24, 2.45) is 5.92 Å². The van der Waals surface area contributed by atoms with E-state index in [1.807, 2.05) is 0 Å². The van der Waals surface area contributed by atoms with Gasteiger partial charge in [0.15, 0.2) is 0 Å². The molecule has 1 aliphatic carbocycles. The number of hydrogen-bond donors (Lipinski definition) is 1. The molecule has 1 aliphatic heterocycles. The highest BCUT2D eigenvalue weighted by atomic mass is 32.2. The highest BCUT2D eigenvalue weighted by Gasteiger charge is 2.38. The zero-order valence-corrected chi connectivity index (χ0v) is 14.6. The van der Waals surface area contributed by atoms with Gasteiger partial charge in [-0.15, -0.1) is 0 Å². The van der Waals surface area contributed by atoms with Crippen LogP contribution in [0.4, 0.5) is 11.4 Å². The van der Waals surface area contributed by atoms with Crippen molar-refractivity contribution in [1.29, 1.82) is 0 Å². The maximum Gasteiger partial charge on any atom is 0.270 e. The number of benzene rings is 1. The molecule has 2 atom stereocenters. The zero-order valence-electron chi connectivity index (χ0n) is 13.8. The molecule has 0 bridgehead atoms. The minimum Gasteiger partial charge on any atom is -0.381 e. The molecule has 132 valence electrons. The van der Waals surface area contributed by atoms with Crippen LogP contribution in [0.25, 0.3) is 0 Å². The number of nitro benzene ring substituents is 1. The lowest BCUT2D eigenvalue weighted by molar-refractivity contribution is -0.385. The first-order valence-corrected chi connectivity index (χ1v) is 9.92. The lowest BCUT2D eigenvalue weighted by Crippen LogP contribution is -2.28. The number of nitrogens with zero attached hydrogens (tertiary/aromatic N) is 2. The van der Waals surface area contributed by atoms with Gasteiger partial charge < -0.3 is 5.32 Å². The molecule has 24 heavy (non-hydrogen) atoms. The van der Waals surface area contributed by atoms with Crippen LogP contribution < -0.4 is 5.32 Å². The SMILES string of the molecule is CCCC1CC1Nc1ccc([N+](=O)[O-])cc1S(=O)(=O)N1CCCC1. The van der Waals surface area contributed by atoms with E-state index in [1.54, 1.807) is 0 Å². The number of non-ortho nitro benzene ring substituents is 1. The second-order valence-corrected chi connectivity index (χ2v) is 8.49. The Morgan fingerprint density at radius 1 is 1.33 bits per heavy atom. The third-order valence-electron chi connectivity index (χ3n) is 4.78. The van der Waals surface area contributed by atoms with Crippen LogP contribution in [0.1, 0.15) is 39.0 Å². The predicted molar refractivity (Wildman–Crippen MR) is 91.5 cm³/mol. The molecule has 2 aliphatic rings. The van der Waals surface area contributed by atoms with Gasteiger partial charge in [0.25, 0.3) is 5.69 Å². The number of anilines is 1. The van der Waals surface area contributed by atoms with E-state index in [4.69, 9.17) is 0 Å². The van der Waals surface area contributed by atoms with Crippen LogP contribution in [0.3, 0.4) is 0 Å². The highest BCUT2D eigenvalue weighted by Crippen LogP contribution is 2.39. The summed E-state index contributed by atoms with van der Waals surface area (Å²) in [6, 6.07) is 4.34. The second-order valence-electron chi connectivity index (χ2n) is 6.58. The summed E-state index contributed by atoms with van der Waals surface area (Å²) < 4.78 is 27.2. The van der Waals surface area contributed by atoms with Crippen LogP contribution >= 0.6 is 0 Å². The van der Waals surface area contributed by atoms with Gasteiger partial charge in [0, 0.05) is 31.3 Å². The van der Waals surface area contributed by atoms with Crippen LogP contribution in [-0.4, -0.2) is 36.8 Å². The smallest absolute Gasteiger partial charge is 0.270 e. The van der Waals surface area contributed by atoms with Crippen molar-refractivity contribution in [2.45, 2.75) is 50.0 Å². The summed E-state index contributed by atoms with van der Waals surface area (Å²) in [5.41, 5.74) is 0.287. The van der Waals surface area contributed by atoms with Gasteiger partial charge in [0.1, 0.15) is 4.90 Å². The van der Waals surface area contributed by atoms with Crippen molar-refractivity contribution in [3.05, 3.63) is 28.3 Å². The van der Waals surface area contributed by atoms with Crippen molar-refractivity contribution in [2.75, 3.05) is 18.4 Å². The number of rotatable bonds is 7. The molecule has 0 radical (unpaired) electrons. The van der Waals surface area contributed by atoms with Gasteiger partial charge in [-0.3, -0.25) is 10.1 Å². The average Bonchev–Trinajstić information content (AvgIpc) is 3.03. The Bertz CT molecular complexity index is 729. The van der Waals surface area contributed by atoms with Crippen LogP contribution in [0, 0.1) is 16.0 Å². The average molecular weight is 353 g/mol. The van der Waals surface area contributed by atoms with Crippen LogP contribution in [0.15, 0.2) is 23.1 Å². The Hall–Kier alpha value is -1.67. The standard InChI is InChI=1S/C16H23N3O4S/c1-2-5-12-10-15(12)17-14-7-6-13(19(20)21)11-16(14)24(22,23)18-8-3-4-9-18/h6-7,11-12,15,17H,2-5,8-10H2,1H3. The molecule has 3 rings (SSSR count). The number of nitrogens with one attached hydrogen (secondary N) is 1. The summed E-state index contributed by atoms with van der Waals surface area (Å²) in [6.45, 7) is 3.09. The monoisotopic (exact) mass is 353 g/mol. The van der Waals surface area contributed by atoms with E-state index in [0.29, 0.717) is 24.7 Å². The molecule has 0 amide bonds. The lowest BCUT2D eigenvalue weighted by atomic mass is 10.2. The fourth-order valence-corrected chi connectivity index (χ4v) is 5.03. The van der Waals surface area contributed by atoms with E-state index in [1.165, 1.54) is 22.5 Å². The molecule has 2 unspecified atom stereocenters. The molecule has 1 aromatic carbocycles. The van der Waals surface area contributed by atoms with Gasteiger partial charge in [-0.2, -0.15) is 4.31 Å².